The van der Waals surface area contributed by atoms with Gasteiger partial charge in [-0.05, 0) is 36.4 Å². The van der Waals surface area contributed by atoms with E-state index in [1.54, 1.807) is 37.6 Å². The molecule has 0 spiro atoms. The number of ether oxygens (including phenoxy) is 3. The molecule has 1 amide bonds. The van der Waals surface area contributed by atoms with E-state index in [0.717, 1.165) is 51.3 Å². The highest BCUT2D eigenvalue weighted by Gasteiger charge is 2.34. The van der Waals surface area contributed by atoms with Crippen molar-refractivity contribution in [2.45, 2.75) is 24.7 Å². The normalized spacial score (nSPS) is 20.4. The van der Waals surface area contributed by atoms with Crippen LogP contribution < -0.4 is 25.4 Å². The Balaban J connectivity index is 1.10. The van der Waals surface area contributed by atoms with Gasteiger partial charge in [0.15, 0.2) is 6.17 Å². The molecule has 16 heteroatoms. The zero-order chi connectivity index (χ0) is 33.6. The molecule has 3 aliphatic heterocycles. The first-order valence-electron chi connectivity index (χ1n) is 15.6. The van der Waals surface area contributed by atoms with Crippen molar-refractivity contribution in [3.63, 3.8) is 0 Å². The number of anilines is 3. The van der Waals surface area contributed by atoms with Crippen LogP contribution in [-0.4, -0.2) is 109 Å². The number of carbonyl (C=O) groups is 1. The van der Waals surface area contributed by atoms with Gasteiger partial charge >= 0.3 is 0 Å². The number of alkyl halides is 1. The number of halogens is 1. The standard InChI is InChI=1S/C32H36FN11O4/c1-46-30-26(43-12-10-42(11-13-43)22-18-47-19-22)3-5-29(40-30)41-32-37-8-6-25(39-32)20-2-4-27(21(14-20)15-34)48-28-7-9-44(17-23(28)33)31(45)24(35)16-38-36/h2-6,8,14,16,22-23,28,36H,7,9-13,17-19,35H2,1H3,(H,37,39,40,41)/b24-16-,38-36?/t23-,28+/m1/s1. The average Bonchev–Trinajstić information content (AvgIpc) is 3.08. The number of pyridine rings is 1. The lowest BCUT2D eigenvalue weighted by atomic mass is 10.0. The predicted octanol–water partition coefficient (Wildman–Crippen LogP) is 2.83. The number of methoxy groups -OCH3 is 1. The van der Waals surface area contributed by atoms with E-state index in [1.165, 1.54) is 4.90 Å². The Labute approximate surface area is 276 Å². The van der Waals surface area contributed by atoms with Crippen LogP contribution in [0.3, 0.4) is 0 Å². The van der Waals surface area contributed by atoms with Crippen LogP contribution in [0.25, 0.3) is 11.3 Å². The third-order valence-electron chi connectivity index (χ3n) is 8.61. The van der Waals surface area contributed by atoms with Crippen molar-refractivity contribution in [3.8, 4) is 29.0 Å². The number of amides is 1. The van der Waals surface area contributed by atoms with E-state index in [1.807, 2.05) is 12.1 Å². The molecule has 250 valence electrons. The summed E-state index contributed by atoms with van der Waals surface area (Å²) >= 11 is 0. The zero-order valence-corrected chi connectivity index (χ0v) is 26.4. The molecule has 3 fully saturated rings. The van der Waals surface area contributed by atoms with Crippen molar-refractivity contribution >= 4 is 23.4 Å². The number of piperazine rings is 1. The van der Waals surface area contributed by atoms with Gasteiger partial charge in [0.1, 0.15) is 35.1 Å². The quantitative estimate of drug-likeness (QED) is 0.214. The Morgan fingerprint density at radius 1 is 1.19 bits per heavy atom. The Kier molecular flexibility index (Phi) is 9.88. The van der Waals surface area contributed by atoms with E-state index in [2.05, 4.69) is 41.3 Å². The number of nitrogens with zero attached hydrogens (tertiary/aromatic N) is 8. The Hall–Kier alpha value is -5.40. The molecule has 0 radical (unpaired) electrons. The number of piperidine rings is 1. The number of nitrogens with one attached hydrogen (secondary N) is 2. The fraction of sp³-hybridized carbons (Fsp3) is 0.406. The summed E-state index contributed by atoms with van der Waals surface area (Å²) in [7, 11) is 1.60. The van der Waals surface area contributed by atoms with E-state index in [0.29, 0.717) is 34.9 Å². The SMILES string of the molecule is COc1nc(Nc2nccc(-c3ccc(O[C@H]4CCN(C(=O)/C(N)=C/N=N)C[C@H]4F)c(C#N)c3)n2)ccc1N1CCN(C2COC2)CC1. The minimum Gasteiger partial charge on any atom is -0.486 e. The molecule has 4 N–H and O–H groups in total. The molecule has 0 aliphatic carbocycles. The topological polar surface area (TPSA) is 191 Å². The van der Waals surface area contributed by atoms with Crippen LogP contribution in [0.2, 0.25) is 0 Å². The second-order valence-corrected chi connectivity index (χ2v) is 11.6. The lowest BCUT2D eigenvalue weighted by Gasteiger charge is -2.43. The number of nitriles is 1. The van der Waals surface area contributed by atoms with Gasteiger partial charge in [0.05, 0.1) is 50.4 Å². The van der Waals surface area contributed by atoms with Crippen molar-refractivity contribution in [2.24, 2.45) is 10.8 Å². The monoisotopic (exact) mass is 657 g/mol. The van der Waals surface area contributed by atoms with Crippen LogP contribution in [-0.2, 0) is 9.53 Å². The van der Waals surface area contributed by atoms with Gasteiger partial charge in [-0.25, -0.2) is 19.9 Å². The van der Waals surface area contributed by atoms with Gasteiger partial charge in [-0.1, -0.05) is 0 Å². The number of hydrogen-bond donors (Lipinski definition) is 3. The van der Waals surface area contributed by atoms with Crippen molar-refractivity contribution in [3.05, 3.63) is 60.1 Å². The maximum atomic E-state index is 15.0. The van der Waals surface area contributed by atoms with Gasteiger partial charge in [0.25, 0.3) is 5.91 Å². The molecular weight excluding hydrogens is 621 g/mol. The summed E-state index contributed by atoms with van der Waals surface area (Å²) in [5.41, 5.74) is 14.5. The molecule has 1 aromatic carbocycles. The largest absolute Gasteiger partial charge is 0.486 e. The summed E-state index contributed by atoms with van der Waals surface area (Å²) in [6.45, 7) is 5.23. The van der Waals surface area contributed by atoms with Crippen LogP contribution >= 0.6 is 0 Å². The van der Waals surface area contributed by atoms with Crippen molar-refractivity contribution < 1.29 is 23.4 Å². The summed E-state index contributed by atoms with van der Waals surface area (Å²) in [5, 5.41) is 16.0. The molecule has 0 bridgehead atoms. The van der Waals surface area contributed by atoms with Gasteiger partial charge < -0.3 is 35.1 Å². The van der Waals surface area contributed by atoms with E-state index in [4.69, 9.17) is 25.5 Å². The average molecular weight is 658 g/mol. The second kappa shape index (κ2) is 14.6. The van der Waals surface area contributed by atoms with Crippen molar-refractivity contribution in [2.75, 3.05) is 69.8 Å². The van der Waals surface area contributed by atoms with Crippen LogP contribution in [0, 0.1) is 16.9 Å². The number of benzene rings is 1. The van der Waals surface area contributed by atoms with Gasteiger partial charge in [-0.15, -0.1) is 0 Å². The van der Waals surface area contributed by atoms with Gasteiger partial charge in [0.2, 0.25) is 11.8 Å². The van der Waals surface area contributed by atoms with Crippen LogP contribution in [0.5, 0.6) is 11.6 Å². The van der Waals surface area contributed by atoms with Gasteiger partial charge in [0, 0.05) is 50.9 Å². The molecule has 5 heterocycles. The molecule has 3 saturated heterocycles. The Bertz CT molecular complexity index is 1720. The van der Waals surface area contributed by atoms with Crippen molar-refractivity contribution in [1.82, 2.24) is 24.8 Å². The zero-order valence-electron chi connectivity index (χ0n) is 26.4. The van der Waals surface area contributed by atoms with Gasteiger partial charge in [-0.2, -0.15) is 15.4 Å². The number of hydrogen-bond acceptors (Lipinski definition) is 14. The third-order valence-corrected chi connectivity index (χ3v) is 8.61. The first-order valence-corrected chi connectivity index (χ1v) is 15.6. The van der Waals surface area contributed by atoms with E-state index in [-0.39, 0.29) is 36.5 Å². The second-order valence-electron chi connectivity index (χ2n) is 11.6. The van der Waals surface area contributed by atoms with E-state index < -0.39 is 18.2 Å². The smallest absolute Gasteiger partial charge is 0.271 e. The molecule has 0 saturated carbocycles. The van der Waals surface area contributed by atoms with Gasteiger partial charge in [-0.3, -0.25) is 9.69 Å². The summed E-state index contributed by atoms with van der Waals surface area (Å²) < 4.78 is 31.9. The highest BCUT2D eigenvalue weighted by molar-refractivity contribution is 5.92. The fourth-order valence-corrected chi connectivity index (χ4v) is 5.90. The van der Waals surface area contributed by atoms with Crippen LogP contribution in [0.1, 0.15) is 12.0 Å². The first kappa shape index (κ1) is 32.5. The first-order chi connectivity index (χ1) is 23.4. The van der Waals surface area contributed by atoms with E-state index >= 15 is 4.39 Å². The maximum Gasteiger partial charge on any atom is 0.271 e. The molecule has 3 aliphatic rings. The fourth-order valence-electron chi connectivity index (χ4n) is 5.90. The van der Waals surface area contributed by atoms with Crippen LogP contribution in [0.15, 0.2) is 59.6 Å². The lowest BCUT2D eigenvalue weighted by Crippen LogP contribution is -2.56. The van der Waals surface area contributed by atoms with Crippen molar-refractivity contribution in [1.29, 1.82) is 10.8 Å². The minimum atomic E-state index is -1.51. The molecule has 0 unspecified atom stereocenters. The number of rotatable bonds is 10. The summed E-state index contributed by atoms with van der Waals surface area (Å²) in [4.78, 5) is 31.9. The predicted molar refractivity (Wildman–Crippen MR) is 173 cm³/mol. The highest BCUT2D eigenvalue weighted by atomic mass is 19.1. The number of likely N-dealkylation sites (tertiary alicyclic amines) is 1. The number of aromatic nitrogens is 3. The molecule has 2 atom stereocenters. The summed E-state index contributed by atoms with van der Waals surface area (Å²) in [6.07, 6.45) is 0.331. The number of nitrogens with two attached hydrogens (primary N) is 1. The number of carbonyl (C=O) groups excluding carboxylic acids is 1. The minimum absolute atomic E-state index is 0.193. The molecule has 2 aromatic heterocycles. The Morgan fingerprint density at radius 2 is 2.00 bits per heavy atom. The van der Waals surface area contributed by atoms with Crippen LogP contribution in [0.4, 0.5) is 21.8 Å². The van der Waals surface area contributed by atoms with E-state index in [9.17, 15) is 10.1 Å². The molecule has 15 nitrogen and oxygen atoms in total. The molecule has 6 rings (SSSR count). The molecule has 3 aromatic rings. The third kappa shape index (κ3) is 7.11. The summed E-state index contributed by atoms with van der Waals surface area (Å²) in [5.74, 6) is 0.948. The molecule has 48 heavy (non-hydrogen) atoms. The lowest BCUT2D eigenvalue weighted by molar-refractivity contribution is -0.131. The summed E-state index contributed by atoms with van der Waals surface area (Å²) in [6, 6.07) is 13.2. The Morgan fingerprint density at radius 3 is 2.69 bits per heavy atom. The molecular formula is C32H36FN11O4. The maximum absolute atomic E-state index is 15.0. The highest BCUT2D eigenvalue weighted by Crippen LogP contribution is 2.32.